The smallest absolute Gasteiger partial charge is 0.190 e. The van der Waals surface area contributed by atoms with Crippen LogP contribution >= 0.6 is 0 Å². The Balaban J connectivity index is 2.02. The molecule has 1 nitrogen and oxygen atoms in total. The molecule has 0 N–H and O–H groups in total. The van der Waals surface area contributed by atoms with Gasteiger partial charge in [0, 0.05) is 23.0 Å². The van der Waals surface area contributed by atoms with Gasteiger partial charge in [-0.3, -0.25) is 4.79 Å². The van der Waals surface area contributed by atoms with Crippen LogP contribution < -0.4 is 0 Å². The van der Waals surface area contributed by atoms with Gasteiger partial charge in [-0.25, -0.2) is 0 Å². The number of ketones is 1. The predicted octanol–water partition coefficient (Wildman–Crippen LogP) is 3.23. The van der Waals surface area contributed by atoms with E-state index in [2.05, 4.69) is 18.2 Å². The Hall–Kier alpha value is -1.63. The highest BCUT2D eigenvalue weighted by Gasteiger charge is 2.41. The normalized spacial score (nSPS) is 29.6. The molecule has 0 unspecified atom stereocenters. The molecule has 1 heteroatoms. The largest absolute Gasteiger partial charge is 0.289 e. The summed E-state index contributed by atoms with van der Waals surface area (Å²) in [6, 6.07) is 8.07. The number of fused-ring (bicyclic) bond motifs is 2. The standard InChI is InChI=1S/C15H12O/c16-15-12-4-2-1-3-11(12)13-9-5-7-10(8-6-9)14(13)15/h1-5,7,9-10H,6,8H2/t9-,10+/m0/s1. The van der Waals surface area contributed by atoms with E-state index in [0.717, 1.165) is 17.6 Å². The number of allylic oxidation sites excluding steroid dienone is 4. The van der Waals surface area contributed by atoms with Crippen LogP contribution in [0.5, 0.6) is 0 Å². The Kier molecular flexibility index (Phi) is 1.45. The minimum Gasteiger partial charge on any atom is -0.289 e. The average molecular weight is 208 g/mol. The van der Waals surface area contributed by atoms with Gasteiger partial charge >= 0.3 is 0 Å². The summed E-state index contributed by atoms with van der Waals surface area (Å²) in [6.45, 7) is 0. The molecule has 4 aliphatic carbocycles. The Morgan fingerprint density at radius 3 is 2.19 bits per heavy atom. The highest BCUT2D eigenvalue weighted by Crippen LogP contribution is 2.50. The van der Waals surface area contributed by atoms with Gasteiger partial charge in [0.25, 0.3) is 0 Å². The van der Waals surface area contributed by atoms with Crippen LogP contribution in [0.3, 0.4) is 0 Å². The minimum atomic E-state index is 0.282. The highest BCUT2D eigenvalue weighted by atomic mass is 16.1. The number of carbonyl (C=O) groups is 1. The molecule has 0 heterocycles. The van der Waals surface area contributed by atoms with Crippen LogP contribution in [0.15, 0.2) is 42.0 Å². The van der Waals surface area contributed by atoms with Crippen molar-refractivity contribution in [2.24, 2.45) is 11.8 Å². The molecule has 0 fully saturated rings. The van der Waals surface area contributed by atoms with Gasteiger partial charge in [0.05, 0.1) is 0 Å². The lowest BCUT2D eigenvalue weighted by molar-refractivity contribution is 0.102. The van der Waals surface area contributed by atoms with Crippen LogP contribution in [-0.2, 0) is 0 Å². The topological polar surface area (TPSA) is 17.1 Å². The molecular weight excluding hydrogens is 196 g/mol. The maximum atomic E-state index is 12.3. The Bertz CT molecular complexity index is 563. The van der Waals surface area contributed by atoms with Gasteiger partial charge < -0.3 is 0 Å². The average Bonchev–Trinajstić information content (AvgIpc) is 2.68. The van der Waals surface area contributed by atoms with Gasteiger partial charge in [-0.2, -0.15) is 0 Å². The summed E-state index contributed by atoms with van der Waals surface area (Å²) in [5.41, 5.74) is 4.55. The summed E-state index contributed by atoms with van der Waals surface area (Å²) in [7, 11) is 0. The molecular formula is C15H12O. The molecule has 1 aromatic rings. The van der Waals surface area contributed by atoms with Gasteiger partial charge in [0.2, 0.25) is 0 Å². The van der Waals surface area contributed by atoms with Crippen molar-refractivity contribution in [3.8, 4) is 0 Å². The first-order chi connectivity index (χ1) is 7.86. The van der Waals surface area contributed by atoms with Crippen molar-refractivity contribution in [1.29, 1.82) is 0 Å². The van der Waals surface area contributed by atoms with Gasteiger partial charge in [-0.1, -0.05) is 36.4 Å². The van der Waals surface area contributed by atoms with Crippen LogP contribution in [-0.4, -0.2) is 5.78 Å². The van der Waals surface area contributed by atoms with Crippen molar-refractivity contribution in [1.82, 2.24) is 0 Å². The fraction of sp³-hybridized carbons (Fsp3) is 0.267. The number of carbonyl (C=O) groups excluding carboxylic acids is 1. The van der Waals surface area contributed by atoms with Crippen LogP contribution in [0.1, 0.15) is 28.8 Å². The van der Waals surface area contributed by atoms with E-state index in [9.17, 15) is 4.79 Å². The predicted molar refractivity (Wildman–Crippen MR) is 63.0 cm³/mol. The molecule has 2 atom stereocenters. The molecule has 0 spiro atoms. The first-order valence-electron chi connectivity index (χ1n) is 5.93. The molecule has 0 aliphatic heterocycles. The minimum absolute atomic E-state index is 0.282. The molecule has 78 valence electrons. The van der Waals surface area contributed by atoms with Crippen molar-refractivity contribution in [3.05, 3.63) is 53.1 Å². The molecule has 0 radical (unpaired) electrons. The van der Waals surface area contributed by atoms with Crippen LogP contribution in [0.4, 0.5) is 0 Å². The molecule has 1 aromatic carbocycles. The van der Waals surface area contributed by atoms with Crippen molar-refractivity contribution in [3.63, 3.8) is 0 Å². The van der Waals surface area contributed by atoms with Gasteiger partial charge in [0.1, 0.15) is 0 Å². The van der Waals surface area contributed by atoms with E-state index in [1.807, 2.05) is 18.2 Å². The molecule has 4 aliphatic rings. The molecule has 2 bridgehead atoms. The summed E-state index contributed by atoms with van der Waals surface area (Å²) in [5.74, 6) is 1.16. The first-order valence-corrected chi connectivity index (χ1v) is 5.93. The second kappa shape index (κ2) is 2.73. The number of rotatable bonds is 0. The zero-order chi connectivity index (χ0) is 10.7. The SMILES string of the molecule is O=C1C2=C(c3ccccc31)[C@H]1C=C[C@@H]2CC1. The Morgan fingerprint density at radius 2 is 1.50 bits per heavy atom. The van der Waals surface area contributed by atoms with Crippen molar-refractivity contribution >= 4 is 11.4 Å². The number of benzene rings is 1. The maximum Gasteiger partial charge on any atom is 0.190 e. The van der Waals surface area contributed by atoms with E-state index in [1.165, 1.54) is 17.6 Å². The van der Waals surface area contributed by atoms with Gasteiger partial charge in [0.15, 0.2) is 5.78 Å². The van der Waals surface area contributed by atoms with Crippen molar-refractivity contribution in [2.75, 3.05) is 0 Å². The zero-order valence-corrected chi connectivity index (χ0v) is 8.94. The number of hydrogen-bond acceptors (Lipinski definition) is 1. The van der Waals surface area contributed by atoms with Gasteiger partial charge in [-0.05, 0) is 24.0 Å². The highest BCUT2D eigenvalue weighted by molar-refractivity contribution is 6.22. The number of hydrogen-bond donors (Lipinski definition) is 0. The van der Waals surface area contributed by atoms with E-state index < -0.39 is 0 Å². The lowest BCUT2D eigenvalue weighted by Crippen LogP contribution is -2.21. The fourth-order valence-electron chi connectivity index (χ4n) is 3.40. The second-order valence-electron chi connectivity index (χ2n) is 4.88. The maximum absolute atomic E-state index is 12.3. The Morgan fingerprint density at radius 1 is 0.875 bits per heavy atom. The van der Waals surface area contributed by atoms with Crippen LogP contribution in [0, 0.1) is 11.8 Å². The third-order valence-electron chi connectivity index (χ3n) is 4.10. The zero-order valence-electron chi connectivity index (χ0n) is 8.94. The van der Waals surface area contributed by atoms with Crippen LogP contribution in [0.25, 0.3) is 5.57 Å². The third-order valence-corrected chi connectivity index (χ3v) is 4.10. The van der Waals surface area contributed by atoms with E-state index in [-0.39, 0.29) is 5.78 Å². The Labute approximate surface area is 94.5 Å². The summed E-state index contributed by atoms with van der Waals surface area (Å²) < 4.78 is 0. The fourth-order valence-corrected chi connectivity index (χ4v) is 3.40. The van der Waals surface area contributed by atoms with Crippen molar-refractivity contribution in [2.45, 2.75) is 12.8 Å². The number of Topliss-reactive ketones (excluding diaryl/α,β-unsaturated/α-hetero) is 1. The molecule has 16 heavy (non-hydrogen) atoms. The monoisotopic (exact) mass is 208 g/mol. The van der Waals surface area contributed by atoms with Crippen molar-refractivity contribution < 1.29 is 4.79 Å². The lowest BCUT2D eigenvalue weighted by Gasteiger charge is -2.32. The van der Waals surface area contributed by atoms with E-state index in [4.69, 9.17) is 0 Å². The van der Waals surface area contributed by atoms with E-state index in [1.54, 1.807) is 0 Å². The molecule has 0 saturated heterocycles. The molecule has 0 aromatic heterocycles. The summed E-state index contributed by atoms with van der Waals surface area (Å²) in [5, 5.41) is 0. The first kappa shape index (κ1) is 8.51. The third kappa shape index (κ3) is 0.850. The molecule has 5 rings (SSSR count). The quantitative estimate of drug-likeness (QED) is 0.598. The summed E-state index contributed by atoms with van der Waals surface area (Å²) >= 11 is 0. The lowest BCUT2D eigenvalue weighted by atomic mass is 9.71. The second-order valence-corrected chi connectivity index (χ2v) is 4.88. The van der Waals surface area contributed by atoms with E-state index in [0.29, 0.717) is 11.8 Å². The summed E-state index contributed by atoms with van der Waals surface area (Å²) in [4.78, 5) is 12.3. The summed E-state index contributed by atoms with van der Waals surface area (Å²) in [6.07, 6.45) is 6.89. The molecule has 0 saturated carbocycles. The van der Waals surface area contributed by atoms with E-state index >= 15 is 0 Å². The van der Waals surface area contributed by atoms with Gasteiger partial charge in [-0.15, -0.1) is 0 Å². The van der Waals surface area contributed by atoms with Crippen LogP contribution in [0.2, 0.25) is 0 Å². The molecule has 0 amide bonds.